The summed E-state index contributed by atoms with van der Waals surface area (Å²) < 4.78 is 0. The van der Waals surface area contributed by atoms with Crippen molar-refractivity contribution in [1.29, 1.82) is 0 Å². The maximum absolute atomic E-state index is 13.9. The van der Waals surface area contributed by atoms with Crippen molar-refractivity contribution in [2.75, 3.05) is 25.0 Å². The van der Waals surface area contributed by atoms with Crippen LogP contribution in [0.3, 0.4) is 0 Å². The molecule has 12 nitrogen and oxygen atoms in total. The number of benzene rings is 2. The first kappa shape index (κ1) is 28.9. The number of non-ortho nitro benzene ring substituents is 1. The highest BCUT2D eigenvalue weighted by atomic mass is 16.6. The van der Waals surface area contributed by atoms with Crippen LogP contribution in [0.25, 0.3) is 10.9 Å². The van der Waals surface area contributed by atoms with Crippen LogP contribution in [0.5, 0.6) is 0 Å². The van der Waals surface area contributed by atoms with Crippen LogP contribution < -0.4 is 16.0 Å². The Kier molecular flexibility index (Phi) is 8.89. The maximum atomic E-state index is 13.9. The zero-order valence-corrected chi connectivity index (χ0v) is 23.7. The van der Waals surface area contributed by atoms with Crippen LogP contribution in [0.15, 0.2) is 54.7 Å². The van der Waals surface area contributed by atoms with E-state index < -0.39 is 17.0 Å². The van der Waals surface area contributed by atoms with Gasteiger partial charge in [-0.15, -0.1) is 0 Å². The number of carbonyl (C=O) groups is 3. The molecule has 2 heterocycles. The van der Waals surface area contributed by atoms with Crippen LogP contribution in [0, 0.1) is 10.1 Å². The summed E-state index contributed by atoms with van der Waals surface area (Å²) in [4.78, 5) is 57.1. The molecule has 222 valence electrons. The second-order valence-corrected chi connectivity index (χ2v) is 11.1. The van der Waals surface area contributed by atoms with E-state index in [0.29, 0.717) is 25.3 Å². The molecule has 2 atom stereocenters. The highest BCUT2D eigenvalue weighted by molar-refractivity contribution is 5.94. The van der Waals surface area contributed by atoms with E-state index in [1.54, 1.807) is 9.80 Å². The normalized spacial score (nSPS) is 18.4. The number of nitro benzene ring substituents is 1. The van der Waals surface area contributed by atoms with Gasteiger partial charge in [-0.3, -0.25) is 14.9 Å². The molecule has 1 saturated heterocycles. The molecule has 2 fully saturated rings. The van der Waals surface area contributed by atoms with E-state index in [2.05, 4.69) is 20.9 Å². The molecular weight excluding hydrogens is 538 g/mol. The first-order valence-electron chi connectivity index (χ1n) is 14.5. The number of nitrogens with one attached hydrogen (secondary N) is 4. The molecular formula is C30H37N7O5. The third kappa shape index (κ3) is 6.81. The molecule has 2 aromatic carbocycles. The quantitative estimate of drug-likeness (QED) is 0.243. The number of rotatable bonds is 7. The van der Waals surface area contributed by atoms with Crippen molar-refractivity contribution in [2.24, 2.45) is 0 Å². The van der Waals surface area contributed by atoms with E-state index in [-0.39, 0.29) is 36.1 Å². The molecule has 42 heavy (non-hydrogen) atoms. The van der Waals surface area contributed by atoms with Crippen molar-refractivity contribution in [3.63, 3.8) is 0 Å². The zero-order valence-electron chi connectivity index (χ0n) is 23.7. The molecule has 5 amide bonds. The molecule has 3 aromatic rings. The van der Waals surface area contributed by atoms with Crippen LogP contribution >= 0.6 is 0 Å². The summed E-state index contributed by atoms with van der Waals surface area (Å²) >= 11 is 0. The number of hydrogen-bond acceptors (Lipinski definition) is 5. The molecule has 1 saturated carbocycles. The number of aromatic nitrogens is 1. The van der Waals surface area contributed by atoms with E-state index >= 15 is 0 Å². The summed E-state index contributed by atoms with van der Waals surface area (Å²) in [7, 11) is 0. The third-order valence-corrected chi connectivity index (χ3v) is 8.17. The third-order valence-electron chi connectivity index (χ3n) is 8.17. The average Bonchev–Trinajstić information content (AvgIpc) is 3.39. The number of amides is 5. The topological polar surface area (TPSA) is 153 Å². The Labute approximate surface area is 244 Å². The van der Waals surface area contributed by atoms with E-state index in [1.807, 2.05) is 37.4 Å². The standard InChI is InChI=1S/C30H37N7O5/c1-20-19-35(15-16-36(20)30(40)33-22-7-3-2-4-8-22)28(38)27(17-21-18-31-26-10-6-5-9-25(21)26)34-29(39)32-23-11-13-24(14-12-23)37(41)42/h5-6,9-14,18,20,22,27,31H,2-4,7-8,15-17,19H2,1H3,(H,33,40)(H2,32,34,39). The SMILES string of the molecule is CC1CN(C(=O)C(Cc2c[nH]c3ccccc23)NC(=O)Nc2ccc([N+](=O)[O-])cc2)CCN1C(=O)NC1CCCCC1. The van der Waals surface area contributed by atoms with Crippen molar-refractivity contribution in [1.82, 2.24) is 25.4 Å². The van der Waals surface area contributed by atoms with Crippen LogP contribution in [0.4, 0.5) is 21.0 Å². The first-order valence-corrected chi connectivity index (χ1v) is 14.5. The second kappa shape index (κ2) is 12.9. The van der Waals surface area contributed by atoms with Crippen LogP contribution in [0.2, 0.25) is 0 Å². The van der Waals surface area contributed by atoms with Gasteiger partial charge in [-0.1, -0.05) is 37.5 Å². The molecule has 4 N–H and O–H groups in total. The molecule has 0 radical (unpaired) electrons. The van der Waals surface area contributed by atoms with Crippen molar-refractivity contribution in [3.8, 4) is 0 Å². The summed E-state index contributed by atoms with van der Waals surface area (Å²) in [5.41, 5.74) is 2.09. The highest BCUT2D eigenvalue weighted by Gasteiger charge is 2.34. The van der Waals surface area contributed by atoms with Gasteiger partial charge in [0.25, 0.3) is 5.69 Å². The lowest BCUT2D eigenvalue weighted by atomic mass is 9.96. The van der Waals surface area contributed by atoms with Crippen LogP contribution in [-0.2, 0) is 11.2 Å². The van der Waals surface area contributed by atoms with Crippen molar-refractivity contribution >= 4 is 40.2 Å². The summed E-state index contributed by atoms with van der Waals surface area (Å²) in [6.07, 6.45) is 7.58. The lowest BCUT2D eigenvalue weighted by molar-refractivity contribution is -0.384. The Bertz CT molecular complexity index is 1430. The minimum atomic E-state index is -0.878. The van der Waals surface area contributed by atoms with E-state index in [0.717, 1.165) is 42.1 Å². The number of urea groups is 2. The molecule has 1 aliphatic carbocycles. The van der Waals surface area contributed by atoms with E-state index in [4.69, 9.17) is 0 Å². The number of nitro groups is 1. The number of fused-ring (bicyclic) bond motifs is 1. The lowest BCUT2D eigenvalue weighted by Gasteiger charge is -2.41. The number of para-hydroxylation sites is 1. The number of anilines is 1. The van der Waals surface area contributed by atoms with E-state index in [1.165, 1.54) is 30.7 Å². The van der Waals surface area contributed by atoms with Gasteiger partial charge in [-0.05, 0) is 43.5 Å². The second-order valence-electron chi connectivity index (χ2n) is 11.1. The number of hydrogen-bond donors (Lipinski definition) is 4. The molecule has 12 heteroatoms. The largest absolute Gasteiger partial charge is 0.361 e. The predicted octanol–water partition coefficient (Wildman–Crippen LogP) is 4.38. The van der Waals surface area contributed by atoms with Gasteiger partial charge >= 0.3 is 12.1 Å². The molecule has 1 aromatic heterocycles. The molecule has 2 unspecified atom stereocenters. The molecule has 2 aliphatic rings. The molecule has 5 rings (SSSR count). The van der Waals surface area contributed by atoms with E-state index in [9.17, 15) is 24.5 Å². The lowest BCUT2D eigenvalue weighted by Crippen LogP contribution is -2.61. The van der Waals surface area contributed by atoms with Gasteiger partial charge in [-0.2, -0.15) is 0 Å². The highest BCUT2D eigenvalue weighted by Crippen LogP contribution is 2.22. The smallest absolute Gasteiger partial charge is 0.319 e. The van der Waals surface area contributed by atoms with Gasteiger partial charge < -0.3 is 30.7 Å². The number of piperazine rings is 1. The number of carbonyl (C=O) groups excluding carboxylic acids is 3. The van der Waals surface area contributed by atoms with Gasteiger partial charge in [-0.25, -0.2) is 9.59 Å². The molecule has 0 spiro atoms. The van der Waals surface area contributed by atoms with Crippen molar-refractivity contribution < 1.29 is 19.3 Å². The van der Waals surface area contributed by atoms with Crippen molar-refractivity contribution in [2.45, 2.75) is 63.6 Å². The summed E-state index contributed by atoms with van der Waals surface area (Å²) in [5.74, 6) is -0.238. The number of nitrogens with zero attached hydrogens (tertiary/aromatic N) is 3. The van der Waals surface area contributed by atoms with Gasteiger partial charge in [0.1, 0.15) is 6.04 Å². The average molecular weight is 576 g/mol. The minimum Gasteiger partial charge on any atom is -0.361 e. The van der Waals surface area contributed by atoms with Crippen molar-refractivity contribution in [3.05, 3.63) is 70.4 Å². The Balaban J connectivity index is 1.27. The fourth-order valence-corrected chi connectivity index (χ4v) is 5.90. The van der Waals surface area contributed by atoms with Gasteiger partial charge in [0.05, 0.1) is 4.92 Å². The summed E-state index contributed by atoms with van der Waals surface area (Å²) in [6.45, 7) is 3.05. The Morgan fingerprint density at radius 3 is 2.50 bits per heavy atom. The number of H-pyrrole nitrogens is 1. The van der Waals surface area contributed by atoms with Crippen LogP contribution in [0.1, 0.15) is 44.6 Å². The fraction of sp³-hybridized carbons (Fsp3) is 0.433. The first-order chi connectivity index (χ1) is 20.3. The fourth-order valence-electron chi connectivity index (χ4n) is 5.90. The molecule has 1 aliphatic heterocycles. The molecule has 0 bridgehead atoms. The maximum Gasteiger partial charge on any atom is 0.319 e. The number of aromatic amines is 1. The predicted molar refractivity (Wildman–Crippen MR) is 159 cm³/mol. The van der Waals surface area contributed by atoms with Gasteiger partial charge in [0.15, 0.2) is 0 Å². The van der Waals surface area contributed by atoms with Gasteiger partial charge in [0.2, 0.25) is 5.91 Å². The Morgan fingerprint density at radius 2 is 1.79 bits per heavy atom. The summed E-state index contributed by atoms with van der Waals surface area (Å²) in [6, 6.07) is 11.7. The monoisotopic (exact) mass is 575 g/mol. The van der Waals surface area contributed by atoms with Gasteiger partial charge in [0, 0.05) is 73.1 Å². The van der Waals surface area contributed by atoms with Crippen LogP contribution in [-0.4, -0.2) is 75.4 Å². The zero-order chi connectivity index (χ0) is 29.6. The Hall–Kier alpha value is -4.61. The minimum absolute atomic E-state index is 0.0857. The summed E-state index contributed by atoms with van der Waals surface area (Å²) in [5, 5.41) is 20.6. The Morgan fingerprint density at radius 1 is 1.05 bits per heavy atom.